The number of ketones is 1. The van der Waals surface area contributed by atoms with Crippen LogP contribution in [0.5, 0.6) is 0 Å². The third-order valence-electron chi connectivity index (χ3n) is 8.71. The summed E-state index contributed by atoms with van der Waals surface area (Å²) in [6.07, 6.45) is 4.89. The van der Waals surface area contributed by atoms with Crippen LogP contribution in [0, 0.1) is 11.3 Å². The lowest BCUT2D eigenvalue weighted by molar-refractivity contribution is -0.121. The maximum absolute atomic E-state index is 13.4. The lowest BCUT2D eigenvalue weighted by Crippen LogP contribution is -2.41. The molecule has 0 aromatic rings. The molecule has 1 N–H and O–H groups in total. The number of hydrogen-bond acceptors (Lipinski definition) is 7. The summed E-state index contributed by atoms with van der Waals surface area (Å²) in [4.78, 5) is 13.4. The standard InChI is InChI=1S/C29H52O7Si/c1-21(11-10-14-36-37(8,9)28(3,4)5)17-25(35-20-32-7)27-23(19-30)29(6,22(2)18-24(27)31)13-12-26-33-15-16-34-26/h17,22,25-26,30H,10-16,18-20H2,1-9H3/b21-17+/t22-,25?,29-/m1/s1. The summed E-state index contributed by atoms with van der Waals surface area (Å²) >= 11 is 0. The van der Waals surface area contributed by atoms with E-state index in [4.69, 9.17) is 23.4 Å². The number of allylic oxidation sites excluding steroid dienone is 1. The van der Waals surface area contributed by atoms with Crippen LogP contribution in [0.1, 0.15) is 73.6 Å². The summed E-state index contributed by atoms with van der Waals surface area (Å²) in [5.41, 5.74) is 2.11. The molecule has 2 aliphatic rings. The van der Waals surface area contributed by atoms with Crippen LogP contribution in [0.2, 0.25) is 18.1 Å². The normalized spacial score (nSPS) is 25.3. The first-order valence-electron chi connectivity index (χ1n) is 13.8. The van der Waals surface area contributed by atoms with E-state index >= 15 is 0 Å². The first-order valence-corrected chi connectivity index (χ1v) is 16.7. The minimum atomic E-state index is -1.78. The van der Waals surface area contributed by atoms with E-state index in [2.05, 4.69) is 54.6 Å². The molecule has 1 saturated heterocycles. The number of aliphatic hydroxyl groups excluding tert-OH is 1. The largest absolute Gasteiger partial charge is 0.417 e. The van der Waals surface area contributed by atoms with Crippen LogP contribution in [0.15, 0.2) is 22.8 Å². The Bertz CT molecular complexity index is 808. The van der Waals surface area contributed by atoms with E-state index in [1.807, 2.05) is 6.08 Å². The number of carbonyl (C=O) groups is 1. The molecule has 1 unspecified atom stereocenters. The number of aliphatic hydroxyl groups is 1. The summed E-state index contributed by atoms with van der Waals surface area (Å²) in [7, 11) is -0.202. The van der Waals surface area contributed by atoms with Gasteiger partial charge in [0.25, 0.3) is 0 Å². The lowest BCUT2D eigenvalue weighted by atomic mass is 9.61. The second-order valence-corrected chi connectivity index (χ2v) is 17.2. The molecule has 3 atom stereocenters. The molecule has 214 valence electrons. The smallest absolute Gasteiger partial charge is 0.191 e. The quantitative estimate of drug-likeness (QED) is 0.129. The van der Waals surface area contributed by atoms with Crippen molar-refractivity contribution in [2.75, 3.05) is 40.3 Å². The van der Waals surface area contributed by atoms with Crippen LogP contribution in [-0.2, 0) is 28.2 Å². The van der Waals surface area contributed by atoms with E-state index in [0.717, 1.165) is 43.4 Å². The van der Waals surface area contributed by atoms with Crippen LogP contribution >= 0.6 is 0 Å². The topological polar surface area (TPSA) is 83.5 Å². The van der Waals surface area contributed by atoms with E-state index in [9.17, 15) is 9.90 Å². The van der Waals surface area contributed by atoms with Crippen molar-refractivity contribution >= 4 is 14.1 Å². The molecule has 0 spiro atoms. The number of carbonyl (C=O) groups excluding carboxylic acids is 1. The van der Waals surface area contributed by atoms with Crippen molar-refractivity contribution in [1.82, 2.24) is 0 Å². The van der Waals surface area contributed by atoms with Gasteiger partial charge in [0.15, 0.2) is 20.4 Å². The molecule has 0 radical (unpaired) electrons. The Labute approximate surface area is 226 Å². The average Bonchev–Trinajstić information content (AvgIpc) is 3.34. The van der Waals surface area contributed by atoms with Crippen LogP contribution < -0.4 is 0 Å². The molecule has 2 rings (SSSR count). The fourth-order valence-electron chi connectivity index (χ4n) is 4.96. The molecule has 1 heterocycles. The van der Waals surface area contributed by atoms with E-state index < -0.39 is 14.4 Å². The summed E-state index contributed by atoms with van der Waals surface area (Å²) < 4.78 is 28.9. The number of methoxy groups -OCH3 is 1. The molecule has 7 nitrogen and oxygen atoms in total. The van der Waals surface area contributed by atoms with Gasteiger partial charge in [0.1, 0.15) is 12.9 Å². The zero-order valence-corrected chi connectivity index (χ0v) is 25.8. The zero-order chi connectivity index (χ0) is 27.9. The number of Topliss-reactive ketones (excluding diaryl/α,β-unsaturated/α-hetero) is 1. The SMILES string of the molecule is COCOC(/C=C(\C)CCCO[Si](C)(C)C(C)(C)C)C1=C(CO)[C@](C)(CCC2OCCO2)[C@H](C)CC1=O. The molecular formula is C29H52O7Si. The van der Waals surface area contributed by atoms with Gasteiger partial charge in [0.2, 0.25) is 0 Å². The minimum absolute atomic E-state index is 0.0359. The van der Waals surface area contributed by atoms with E-state index in [1.165, 1.54) is 0 Å². The molecule has 1 aliphatic heterocycles. The predicted molar refractivity (Wildman–Crippen MR) is 149 cm³/mol. The Balaban J connectivity index is 2.24. The minimum Gasteiger partial charge on any atom is -0.417 e. The summed E-state index contributed by atoms with van der Waals surface area (Å²) in [6.45, 7) is 19.4. The summed E-state index contributed by atoms with van der Waals surface area (Å²) in [6, 6.07) is 0. The van der Waals surface area contributed by atoms with Crippen molar-refractivity contribution in [3.63, 3.8) is 0 Å². The van der Waals surface area contributed by atoms with Gasteiger partial charge in [0.05, 0.1) is 19.8 Å². The van der Waals surface area contributed by atoms with Gasteiger partial charge < -0.3 is 28.5 Å². The second kappa shape index (κ2) is 14.0. The van der Waals surface area contributed by atoms with E-state index in [0.29, 0.717) is 25.2 Å². The van der Waals surface area contributed by atoms with Crippen molar-refractivity contribution in [1.29, 1.82) is 0 Å². The van der Waals surface area contributed by atoms with Crippen molar-refractivity contribution < 1.29 is 33.3 Å². The van der Waals surface area contributed by atoms with Crippen molar-refractivity contribution in [2.24, 2.45) is 11.3 Å². The molecule has 8 heteroatoms. The van der Waals surface area contributed by atoms with Gasteiger partial charge in [-0.3, -0.25) is 4.79 Å². The highest BCUT2D eigenvalue weighted by atomic mass is 28.4. The molecule has 0 aromatic heterocycles. The maximum Gasteiger partial charge on any atom is 0.191 e. The fraction of sp³-hybridized carbons (Fsp3) is 0.828. The van der Waals surface area contributed by atoms with Crippen LogP contribution in [0.4, 0.5) is 0 Å². The van der Waals surface area contributed by atoms with Gasteiger partial charge in [-0.15, -0.1) is 0 Å². The first-order chi connectivity index (χ1) is 17.3. The van der Waals surface area contributed by atoms with Crippen LogP contribution in [0.25, 0.3) is 0 Å². The van der Waals surface area contributed by atoms with Crippen LogP contribution in [-0.4, -0.2) is 71.9 Å². The zero-order valence-electron chi connectivity index (χ0n) is 24.8. The van der Waals surface area contributed by atoms with Gasteiger partial charge in [-0.1, -0.05) is 46.3 Å². The van der Waals surface area contributed by atoms with Crippen LogP contribution in [0.3, 0.4) is 0 Å². The number of hydrogen-bond donors (Lipinski definition) is 1. The third kappa shape index (κ3) is 8.55. The molecule has 1 aliphatic carbocycles. The summed E-state index contributed by atoms with van der Waals surface area (Å²) in [5, 5.41) is 10.7. The predicted octanol–water partition coefficient (Wildman–Crippen LogP) is 5.78. The molecule has 37 heavy (non-hydrogen) atoms. The van der Waals surface area contributed by atoms with Crippen molar-refractivity contribution in [3.8, 4) is 0 Å². The Morgan fingerprint density at radius 1 is 1.27 bits per heavy atom. The number of rotatable bonds is 14. The number of ether oxygens (including phenoxy) is 4. The average molecular weight is 541 g/mol. The third-order valence-corrected chi connectivity index (χ3v) is 13.3. The van der Waals surface area contributed by atoms with E-state index in [-0.39, 0.29) is 41.8 Å². The van der Waals surface area contributed by atoms with Gasteiger partial charge in [-0.2, -0.15) is 0 Å². The van der Waals surface area contributed by atoms with Gasteiger partial charge in [0, 0.05) is 25.7 Å². The molecule has 0 amide bonds. The Kier molecular flexibility index (Phi) is 12.2. The Hall–Kier alpha value is -0.873. The second-order valence-electron chi connectivity index (χ2n) is 12.4. The highest BCUT2D eigenvalue weighted by molar-refractivity contribution is 6.74. The van der Waals surface area contributed by atoms with E-state index in [1.54, 1.807) is 7.11 Å². The monoisotopic (exact) mass is 540 g/mol. The first kappa shape index (κ1) is 32.3. The van der Waals surface area contributed by atoms with Crippen molar-refractivity contribution in [3.05, 3.63) is 22.8 Å². The highest BCUT2D eigenvalue weighted by Crippen LogP contribution is 2.48. The molecule has 0 saturated carbocycles. The molecule has 1 fully saturated rings. The van der Waals surface area contributed by atoms with Gasteiger partial charge >= 0.3 is 0 Å². The molecule has 0 aromatic carbocycles. The van der Waals surface area contributed by atoms with Gasteiger partial charge in [-0.05, 0) is 67.6 Å². The fourth-order valence-corrected chi connectivity index (χ4v) is 6.05. The van der Waals surface area contributed by atoms with Gasteiger partial charge in [-0.25, -0.2) is 0 Å². The molecule has 0 bridgehead atoms. The summed E-state index contributed by atoms with van der Waals surface area (Å²) in [5.74, 6) is 0.127. The Morgan fingerprint density at radius 2 is 1.92 bits per heavy atom. The lowest BCUT2D eigenvalue weighted by Gasteiger charge is -2.43. The molecular weight excluding hydrogens is 488 g/mol. The maximum atomic E-state index is 13.4. The highest BCUT2D eigenvalue weighted by Gasteiger charge is 2.45. The van der Waals surface area contributed by atoms with Crippen molar-refractivity contribution in [2.45, 2.75) is 104 Å². The Morgan fingerprint density at radius 3 is 2.49 bits per heavy atom.